The van der Waals surface area contributed by atoms with Gasteiger partial charge in [0.25, 0.3) is 5.91 Å². The number of hydrogen-bond acceptors (Lipinski definition) is 4. The monoisotopic (exact) mass is 328 g/mol. The van der Waals surface area contributed by atoms with E-state index in [0.29, 0.717) is 10.7 Å². The van der Waals surface area contributed by atoms with Crippen LogP contribution in [-0.4, -0.2) is 16.6 Å². The zero-order valence-corrected chi connectivity index (χ0v) is 14.1. The number of thiazole rings is 1. The van der Waals surface area contributed by atoms with Gasteiger partial charge < -0.3 is 0 Å². The Kier molecular flexibility index (Phi) is 4.45. The molecule has 0 fully saturated rings. The first-order valence-electron chi connectivity index (χ1n) is 7.07. The number of hydrogen-bond donors (Lipinski definition) is 1. The summed E-state index contributed by atoms with van der Waals surface area (Å²) in [5, 5.41) is 3.56. The number of nitrogens with one attached hydrogen (secondary N) is 1. The third-order valence-electron chi connectivity index (χ3n) is 3.20. The maximum Gasteiger partial charge on any atom is 0.258 e. The lowest BCUT2D eigenvalue weighted by Crippen LogP contribution is -2.12. The predicted molar refractivity (Wildman–Crippen MR) is 95.2 cm³/mol. The lowest BCUT2D eigenvalue weighted by molar-refractivity contribution is 0.102. The van der Waals surface area contributed by atoms with E-state index in [4.69, 9.17) is 0 Å². The van der Waals surface area contributed by atoms with Gasteiger partial charge in [-0.25, -0.2) is 4.98 Å². The normalized spacial score (nSPS) is 10.8. The Bertz CT molecular complexity index is 826. The summed E-state index contributed by atoms with van der Waals surface area (Å²) in [5.74, 6) is 0.831. The molecule has 0 unspecified atom stereocenters. The number of anilines is 1. The van der Waals surface area contributed by atoms with E-state index >= 15 is 0 Å². The molecule has 1 amide bonds. The molecule has 112 valence electrons. The Labute approximate surface area is 137 Å². The highest BCUT2D eigenvalue weighted by Gasteiger charge is 2.13. The van der Waals surface area contributed by atoms with Crippen molar-refractivity contribution in [2.45, 2.75) is 18.7 Å². The maximum absolute atomic E-state index is 12.5. The first-order valence-corrected chi connectivity index (χ1v) is 8.88. The van der Waals surface area contributed by atoms with Crippen LogP contribution in [0.3, 0.4) is 0 Å². The van der Waals surface area contributed by atoms with E-state index in [1.807, 2.05) is 36.4 Å². The van der Waals surface area contributed by atoms with Gasteiger partial charge in [-0.2, -0.15) is 0 Å². The van der Waals surface area contributed by atoms with Crippen molar-refractivity contribution < 1.29 is 4.79 Å². The van der Waals surface area contributed by atoms with E-state index in [9.17, 15) is 4.79 Å². The second-order valence-electron chi connectivity index (χ2n) is 4.87. The third-order valence-corrected chi connectivity index (χ3v) is 5.09. The van der Waals surface area contributed by atoms with Gasteiger partial charge in [0.05, 0.1) is 15.8 Å². The third kappa shape index (κ3) is 3.15. The van der Waals surface area contributed by atoms with Crippen molar-refractivity contribution in [1.82, 2.24) is 4.98 Å². The Morgan fingerprint density at radius 3 is 2.91 bits per heavy atom. The number of nitrogens with zero attached hydrogens (tertiary/aromatic N) is 1. The molecule has 5 heteroatoms. The number of amides is 1. The Morgan fingerprint density at radius 1 is 1.27 bits per heavy atom. The molecule has 0 aliphatic heterocycles. The predicted octanol–water partition coefficient (Wildman–Crippen LogP) is 4.97. The van der Waals surface area contributed by atoms with Crippen LogP contribution in [0.2, 0.25) is 0 Å². The average Bonchev–Trinajstić information content (AvgIpc) is 2.89. The molecular formula is C17H16N2OS2. The SMILES string of the molecule is CCSc1ccccc1C(=O)Nc1nc2ccc(C)cc2s1. The molecule has 0 radical (unpaired) electrons. The minimum absolute atomic E-state index is 0.104. The molecule has 0 saturated heterocycles. The van der Waals surface area contributed by atoms with Gasteiger partial charge >= 0.3 is 0 Å². The smallest absolute Gasteiger partial charge is 0.258 e. The van der Waals surface area contributed by atoms with Crippen LogP contribution in [0.4, 0.5) is 5.13 Å². The highest BCUT2D eigenvalue weighted by Crippen LogP contribution is 2.28. The van der Waals surface area contributed by atoms with Crippen LogP contribution in [0, 0.1) is 6.92 Å². The van der Waals surface area contributed by atoms with Crippen LogP contribution in [0.15, 0.2) is 47.4 Å². The maximum atomic E-state index is 12.5. The summed E-state index contributed by atoms with van der Waals surface area (Å²) >= 11 is 3.17. The number of thioether (sulfide) groups is 1. The van der Waals surface area contributed by atoms with Gasteiger partial charge in [0.2, 0.25) is 0 Å². The number of aryl methyl sites for hydroxylation is 1. The van der Waals surface area contributed by atoms with Crippen molar-refractivity contribution in [3.05, 3.63) is 53.6 Å². The number of fused-ring (bicyclic) bond motifs is 1. The average molecular weight is 328 g/mol. The van der Waals surface area contributed by atoms with Crippen molar-refractivity contribution in [1.29, 1.82) is 0 Å². The largest absolute Gasteiger partial charge is 0.298 e. The molecule has 0 spiro atoms. The van der Waals surface area contributed by atoms with E-state index in [1.165, 1.54) is 16.9 Å². The molecule has 3 aromatic rings. The van der Waals surface area contributed by atoms with E-state index in [-0.39, 0.29) is 5.91 Å². The molecule has 0 atom stereocenters. The summed E-state index contributed by atoms with van der Waals surface area (Å²) in [5.41, 5.74) is 2.81. The van der Waals surface area contributed by atoms with Crippen LogP contribution in [0.1, 0.15) is 22.8 Å². The van der Waals surface area contributed by atoms with Crippen LogP contribution >= 0.6 is 23.1 Å². The Balaban J connectivity index is 1.86. The van der Waals surface area contributed by atoms with Gasteiger partial charge in [0.15, 0.2) is 5.13 Å². The van der Waals surface area contributed by atoms with Gasteiger partial charge in [-0.1, -0.05) is 36.5 Å². The van der Waals surface area contributed by atoms with Gasteiger partial charge in [0, 0.05) is 4.90 Å². The fourth-order valence-electron chi connectivity index (χ4n) is 2.19. The van der Waals surface area contributed by atoms with Crippen LogP contribution in [0.5, 0.6) is 0 Å². The Hall–Kier alpha value is -1.85. The van der Waals surface area contributed by atoms with E-state index in [0.717, 1.165) is 20.9 Å². The van der Waals surface area contributed by atoms with Crippen molar-refractivity contribution in [2.24, 2.45) is 0 Å². The van der Waals surface area contributed by atoms with Crippen LogP contribution in [0.25, 0.3) is 10.2 Å². The van der Waals surface area contributed by atoms with Crippen molar-refractivity contribution in [2.75, 3.05) is 11.1 Å². The van der Waals surface area contributed by atoms with Gasteiger partial charge in [-0.3, -0.25) is 10.1 Å². The summed E-state index contributed by atoms with van der Waals surface area (Å²) in [6.07, 6.45) is 0. The van der Waals surface area contributed by atoms with E-state index < -0.39 is 0 Å². The zero-order chi connectivity index (χ0) is 15.5. The fourth-order valence-corrected chi connectivity index (χ4v) is 3.95. The minimum Gasteiger partial charge on any atom is -0.298 e. The fraction of sp³-hybridized carbons (Fsp3) is 0.176. The lowest BCUT2D eigenvalue weighted by atomic mass is 10.2. The number of carbonyl (C=O) groups excluding carboxylic acids is 1. The lowest BCUT2D eigenvalue weighted by Gasteiger charge is -2.07. The highest BCUT2D eigenvalue weighted by molar-refractivity contribution is 7.99. The summed E-state index contributed by atoms with van der Waals surface area (Å²) in [6.45, 7) is 4.13. The van der Waals surface area contributed by atoms with Crippen LogP contribution in [-0.2, 0) is 0 Å². The molecule has 0 aliphatic carbocycles. The highest BCUT2D eigenvalue weighted by atomic mass is 32.2. The molecule has 0 aliphatic rings. The molecule has 3 nitrogen and oxygen atoms in total. The number of carbonyl (C=O) groups is 1. The van der Waals surface area contributed by atoms with E-state index in [2.05, 4.69) is 30.2 Å². The molecule has 1 N–H and O–H groups in total. The summed E-state index contributed by atoms with van der Waals surface area (Å²) in [6, 6.07) is 13.8. The van der Waals surface area contributed by atoms with Crippen LogP contribution < -0.4 is 5.32 Å². The molecular weight excluding hydrogens is 312 g/mol. The van der Waals surface area contributed by atoms with Crippen molar-refractivity contribution in [3.63, 3.8) is 0 Å². The second-order valence-corrected chi connectivity index (χ2v) is 7.21. The van der Waals surface area contributed by atoms with Gasteiger partial charge in [-0.05, 0) is 42.5 Å². The van der Waals surface area contributed by atoms with Gasteiger partial charge in [-0.15, -0.1) is 11.8 Å². The molecule has 3 rings (SSSR count). The first-order chi connectivity index (χ1) is 10.7. The van der Waals surface area contributed by atoms with Gasteiger partial charge in [0.1, 0.15) is 0 Å². The standard InChI is InChI=1S/C17H16N2OS2/c1-3-21-14-7-5-4-6-12(14)16(20)19-17-18-13-9-8-11(2)10-15(13)22-17/h4-10H,3H2,1-2H3,(H,18,19,20). The van der Waals surface area contributed by atoms with Crippen molar-refractivity contribution in [3.8, 4) is 0 Å². The molecule has 0 saturated carbocycles. The quantitative estimate of drug-likeness (QED) is 0.688. The summed E-state index contributed by atoms with van der Waals surface area (Å²) in [4.78, 5) is 18.0. The first kappa shape index (κ1) is 15.1. The molecule has 1 aromatic heterocycles. The second kappa shape index (κ2) is 6.50. The number of benzene rings is 2. The summed E-state index contributed by atoms with van der Waals surface area (Å²) in [7, 11) is 0. The molecule has 0 bridgehead atoms. The molecule has 1 heterocycles. The summed E-state index contributed by atoms with van der Waals surface area (Å²) < 4.78 is 1.09. The number of rotatable bonds is 4. The van der Waals surface area contributed by atoms with E-state index in [1.54, 1.807) is 11.8 Å². The Morgan fingerprint density at radius 2 is 2.09 bits per heavy atom. The topological polar surface area (TPSA) is 42.0 Å². The minimum atomic E-state index is -0.104. The van der Waals surface area contributed by atoms with Crippen molar-refractivity contribution >= 4 is 44.4 Å². The zero-order valence-electron chi connectivity index (χ0n) is 12.4. The molecule has 2 aromatic carbocycles. The molecule has 22 heavy (non-hydrogen) atoms. The number of aromatic nitrogens is 1.